The molecule has 0 saturated carbocycles. The van der Waals surface area contributed by atoms with Crippen LogP contribution < -0.4 is 10.2 Å². The molecule has 0 spiro atoms. The molecule has 5 heteroatoms. The molecule has 0 rings (SSSR count). The Morgan fingerprint density at radius 3 is 0.867 bits per heavy atom. The second-order valence-corrected chi connectivity index (χ2v) is 4.13. The molecule has 0 fully saturated rings. The zero-order chi connectivity index (χ0) is 12.2. The topological polar surface area (TPSA) is 80.3 Å². The Morgan fingerprint density at radius 1 is 0.800 bits per heavy atom. The first-order valence-corrected chi connectivity index (χ1v) is 4.32. The molecule has 0 aromatic heterocycles. The molecule has 0 N–H and O–H groups in total. The van der Waals surface area contributed by atoms with Crippen LogP contribution in [-0.4, -0.2) is 45.8 Å². The van der Waals surface area contributed by atoms with Crippen molar-refractivity contribution in [2.24, 2.45) is 0 Å². The fourth-order valence-corrected chi connectivity index (χ4v) is 0. The van der Waals surface area contributed by atoms with Crippen molar-refractivity contribution in [1.82, 2.24) is 0 Å². The summed E-state index contributed by atoms with van der Waals surface area (Å²) < 4.78 is 0. The van der Waals surface area contributed by atoms with E-state index in [0.717, 1.165) is 0 Å². The van der Waals surface area contributed by atoms with E-state index in [9.17, 15) is 19.8 Å². The fraction of sp³-hybridized carbons (Fsp3) is 0.800. The summed E-state index contributed by atoms with van der Waals surface area (Å²) in [6.07, 6.45) is 0. The maximum absolute atomic E-state index is 10.5. The van der Waals surface area contributed by atoms with Gasteiger partial charge in [0.1, 0.15) is 11.6 Å². The third-order valence-electron chi connectivity index (χ3n) is 1.70. The molecule has 0 aromatic carbocycles. The smallest absolute Gasteiger partial charge is 0.844 e. The van der Waals surface area contributed by atoms with Crippen molar-refractivity contribution >= 4 is 34.6 Å². The average Bonchev–Trinajstić information content (AvgIpc) is 1.83. The SMILES string of the molecule is CC(=O)C(C)(C)[O-].CC(=O)C(C)(C)[O-].[Mg+2]. The summed E-state index contributed by atoms with van der Waals surface area (Å²) in [5, 5.41) is 20.9. The monoisotopic (exact) mass is 226 g/mol. The molecular weight excluding hydrogens is 208 g/mol. The van der Waals surface area contributed by atoms with E-state index in [1.165, 1.54) is 41.5 Å². The van der Waals surface area contributed by atoms with E-state index in [1.807, 2.05) is 0 Å². The Bertz CT molecular complexity index is 186. The van der Waals surface area contributed by atoms with Gasteiger partial charge >= 0.3 is 23.1 Å². The summed E-state index contributed by atoms with van der Waals surface area (Å²) in [4.78, 5) is 20.3. The summed E-state index contributed by atoms with van der Waals surface area (Å²) in [7, 11) is 0. The molecule has 84 valence electrons. The number of hydrogen-bond donors (Lipinski definition) is 0. The van der Waals surface area contributed by atoms with Crippen molar-refractivity contribution in [3.63, 3.8) is 0 Å². The van der Waals surface area contributed by atoms with Gasteiger partial charge in [0.05, 0.1) is 0 Å². The Labute approximate surface area is 107 Å². The van der Waals surface area contributed by atoms with Crippen molar-refractivity contribution in [2.75, 3.05) is 0 Å². The first-order valence-electron chi connectivity index (χ1n) is 4.32. The largest absolute Gasteiger partial charge is 2.00 e. The van der Waals surface area contributed by atoms with Crippen LogP contribution in [0.2, 0.25) is 0 Å². The molecule has 0 saturated heterocycles. The Kier molecular flexibility index (Phi) is 9.98. The Morgan fingerprint density at radius 2 is 0.867 bits per heavy atom. The molecule has 0 unspecified atom stereocenters. The molecular formula is C10H18MgO4. The molecule has 0 radical (unpaired) electrons. The van der Waals surface area contributed by atoms with Crippen LogP contribution in [0.4, 0.5) is 0 Å². The summed E-state index contributed by atoms with van der Waals surface area (Å²) in [5.74, 6) is -0.625. The van der Waals surface area contributed by atoms with E-state index in [0.29, 0.717) is 0 Å². The van der Waals surface area contributed by atoms with Crippen LogP contribution in [0.1, 0.15) is 41.5 Å². The van der Waals surface area contributed by atoms with Crippen molar-refractivity contribution in [3.05, 3.63) is 0 Å². The fourth-order valence-electron chi connectivity index (χ4n) is 0. The predicted molar refractivity (Wildman–Crippen MR) is 55.3 cm³/mol. The van der Waals surface area contributed by atoms with Gasteiger partial charge in [-0.3, -0.25) is 0 Å². The van der Waals surface area contributed by atoms with Gasteiger partial charge in [0.15, 0.2) is 0 Å². The minimum absolute atomic E-state index is 0. The summed E-state index contributed by atoms with van der Waals surface area (Å²) in [5.41, 5.74) is -2.78. The van der Waals surface area contributed by atoms with E-state index < -0.39 is 11.2 Å². The molecule has 0 atom stereocenters. The number of rotatable bonds is 2. The number of carbonyl (C=O) groups is 2. The summed E-state index contributed by atoms with van der Waals surface area (Å²) in [6.45, 7) is 8.02. The minimum Gasteiger partial charge on any atom is -0.844 e. The van der Waals surface area contributed by atoms with Crippen LogP contribution in [0.15, 0.2) is 0 Å². The third kappa shape index (κ3) is 14.0. The zero-order valence-corrected chi connectivity index (χ0v) is 11.8. The molecule has 0 bridgehead atoms. The van der Waals surface area contributed by atoms with E-state index in [2.05, 4.69) is 0 Å². The molecule has 0 heterocycles. The van der Waals surface area contributed by atoms with Crippen LogP contribution in [0.5, 0.6) is 0 Å². The van der Waals surface area contributed by atoms with Crippen LogP contribution in [0.25, 0.3) is 0 Å². The molecule has 0 aromatic rings. The van der Waals surface area contributed by atoms with Gasteiger partial charge in [0.25, 0.3) is 0 Å². The van der Waals surface area contributed by atoms with Gasteiger partial charge in [0.2, 0.25) is 0 Å². The zero-order valence-electron chi connectivity index (χ0n) is 10.3. The van der Waals surface area contributed by atoms with E-state index in [-0.39, 0.29) is 34.6 Å². The van der Waals surface area contributed by atoms with Gasteiger partial charge < -0.3 is 19.8 Å². The van der Waals surface area contributed by atoms with Crippen LogP contribution in [-0.2, 0) is 9.59 Å². The first kappa shape index (κ1) is 20.4. The molecule has 0 aliphatic carbocycles. The van der Waals surface area contributed by atoms with Gasteiger partial charge in [-0.05, 0) is 13.8 Å². The van der Waals surface area contributed by atoms with Crippen molar-refractivity contribution in [3.8, 4) is 0 Å². The second kappa shape index (κ2) is 7.32. The van der Waals surface area contributed by atoms with Gasteiger partial charge in [-0.15, -0.1) is 0 Å². The number of Topliss-reactive ketones (excluding diaryl/α,β-unsaturated/α-hetero) is 2. The van der Waals surface area contributed by atoms with Crippen molar-refractivity contribution in [1.29, 1.82) is 0 Å². The Balaban J connectivity index is -0.000000180. The number of ketones is 2. The van der Waals surface area contributed by atoms with E-state index >= 15 is 0 Å². The third-order valence-corrected chi connectivity index (χ3v) is 1.70. The Hall–Kier alpha value is 0.0262. The minimum atomic E-state index is -1.39. The van der Waals surface area contributed by atoms with Gasteiger partial charge in [-0.1, -0.05) is 38.9 Å². The predicted octanol–water partition coefficient (Wildman–Crippen LogP) is -0.952. The van der Waals surface area contributed by atoms with Crippen molar-refractivity contribution in [2.45, 2.75) is 52.7 Å². The first-order chi connectivity index (χ1) is 5.89. The van der Waals surface area contributed by atoms with E-state index in [1.54, 1.807) is 0 Å². The van der Waals surface area contributed by atoms with Crippen LogP contribution >= 0.6 is 0 Å². The molecule has 0 amide bonds. The maximum atomic E-state index is 10.5. The molecule has 4 nitrogen and oxygen atoms in total. The molecule has 0 aliphatic rings. The number of carbonyl (C=O) groups excluding carboxylic acids is 2. The normalized spacial score (nSPS) is 10.7. The van der Waals surface area contributed by atoms with Crippen LogP contribution in [0.3, 0.4) is 0 Å². The standard InChI is InChI=1S/2C5H9O2.Mg/c2*1-4(6)5(2,3)7;/h2*1-3H3;/q2*-1;+2. The molecule has 15 heavy (non-hydrogen) atoms. The van der Waals surface area contributed by atoms with Crippen LogP contribution in [0, 0.1) is 0 Å². The van der Waals surface area contributed by atoms with Gasteiger partial charge in [-0.25, -0.2) is 0 Å². The summed E-state index contributed by atoms with van der Waals surface area (Å²) in [6, 6.07) is 0. The average molecular weight is 227 g/mol. The van der Waals surface area contributed by atoms with Gasteiger partial charge in [0, 0.05) is 0 Å². The number of hydrogen-bond acceptors (Lipinski definition) is 4. The second-order valence-electron chi connectivity index (χ2n) is 4.13. The molecule has 0 aliphatic heterocycles. The van der Waals surface area contributed by atoms with Gasteiger partial charge in [-0.2, -0.15) is 0 Å². The quantitative estimate of drug-likeness (QED) is 0.569. The van der Waals surface area contributed by atoms with E-state index in [4.69, 9.17) is 0 Å². The maximum Gasteiger partial charge on any atom is 2.00 e. The van der Waals surface area contributed by atoms with Crippen molar-refractivity contribution < 1.29 is 19.8 Å². The summed E-state index contributed by atoms with van der Waals surface area (Å²) >= 11 is 0.